The molecule has 0 aromatic heterocycles. The van der Waals surface area contributed by atoms with Crippen molar-refractivity contribution in [3.05, 3.63) is 35.9 Å². The normalized spacial score (nSPS) is 19.2. The number of aliphatic hydroxyl groups is 1. The molecule has 0 heterocycles. The van der Waals surface area contributed by atoms with E-state index in [1.807, 2.05) is 6.07 Å². The van der Waals surface area contributed by atoms with Gasteiger partial charge in [-0.2, -0.15) is 5.26 Å². The zero-order valence-electron chi connectivity index (χ0n) is 10.8. The van der Waals surface area contributed by atoms with Gasteiger partial charge in [0.2, 0.25) is 0 Å². The van der Waals surface area contributed by atoms with Crippen LogP contribution in [0.1, 0.15) is 43.8 Å². The second kappa shape index (κ2) is 5.85. The van der Waals surface area contributed by atoms with E-state index in [-0.39, 0.29) is 0 Å². The van der Waals surface area contributed by atoms with Crippen LogP contribution >= 0.6 is 0 Å². The fourth-order valence-electron chi connectivity index (χ4n) is 2.51. The van der Waals surface area contributed by atoms with Gasteiger partial charge in [0, 0.05) is 0 Å². The van der Waals surface area contributed by atoms with E-state index in [4.69, 9.17) is 0 Å². The summed E-state index contributed by atoms with van der Waals surface area (Å²) < 4.78 is 0. The summed E-state index contributed by atoms with van der Waals surface area (Å²) in [4.78, 5) is 12.1. The molecule has 100 valence electrons. The Hall–Kier alpha value is -1.86. The summed E-state index contributed by atoms with van der Waals surface area (Å²) in [5.74, 6) is -0.491. The number of hydrogen-bond acceptors (Lipinski definition) is 3. The molecule has 0 radical (unpaired) electrons. The minimum absolute atomic E-state index is 0.491. The fraction of sp³-hybridized carbons (Fsp3) is 0.467. The molecular weight excluding hydrogens is 240 g/mol. The molecule has 19 heavy (non-hydrogen) atoms. The molecule has 2 rings (SSSR count). The molecule has 0 saturated heterocycles. The van der Waals surface area contributed by atoms with Crippen LogP contribution < -0.4 is 5.32 Å². The van der Waals surface area contributed by atoms with Crippen molar-refractivity contribution in [1.29, 1.82) is 5.26 Å². The molecule has 4 nitrogen and oxygen atoms in total. The van der Waals surface area contributed by atoms with Crippen LogP contribution in [0.5, 0.6) is 0 Å². The first kappa shape index (κ1) is 13.6. The molecule has 0 aliphatic heterocycles. The van der Waals surface area contributed by atoms with Gasteiger partial charge in [-0.15, -0.1) is 0 Å². The Balaban J connectivity index is 2.06. The highest BCUT2D eigenvalue weighted by Gasteiger charge is 2.35. The Morgan fingerprint density at radius 1 is 1.26 bits per heavy atom. The monoisotopic (exact) mass is 258 g/mol. The average Bonchev–Trinajstić information content (AvgIpc) is 2.48. The molecule has 1 aromatic rings. The van der Waals surface area contributed by atoms with Crippen LogP contribution in [0.2, 0.25) is 0 Å². The van der Waals surface area contributed by atoms with Crippen molar-refractivity contribution in [2.24, 2.45) is 0 Å². The Morgan fingerprint density at radius 3 is 2.47 bits per heavy atom. The van der Waals surface area contributed by atoms with Gasteiger partial charge in [-0.3, -0.25) is 4.79 Å². The molecule has 1 saturated carbocycles. The van der Waals surface area contributed by atoms with Gasteiger partial charge in [-0.25, -0.2) is 0 Å². The molecule has 1 fully saturated rings. The number of nitrogens with zero attached hydrogens (tertiary/aromatic N) is 1. The van der Waals surface area contributed by atoms with Crippen LogP contribution in [-0.4, -0.2) is 16.6 Å². The third kappa shape index (κ3) is 3.12. The highest BCUT2D eigenvalue weighted by molar-refractivity contribution is 5.83. The van der Waals surface area contributed by atoms with Crippen LogP contribution in [0.4, 0.5) is 0 Å². The van der Waals surface area contributed by atoms with Crippen LogP contribution in [0.3, 0.4) is 0 Å². The van der Waals surface area contributed by atoms with Gasteiger partial charge >= 0.3 is 0 Å². The highest BCUT2D eigenvalue weighted by atomic mass is 16.3. The molecular formula is C15H18N2O2. The maximum atomic E-state index is 12.1. The van der Waals surface area contributed by atoms with Crippen molar-refractivity contribution in [1.82, 2.24) is 5.32 Å². The van der Waals surface area contributed by atoms with Crippen molar-refractivity contribution >= 4 is 5.91 Å². The van der Waals surface area contributed by atoms with Crippen LogP contribution in [0, 0.1) is 11.3 Å². The summed E-state index contributed by atoms with van der Waals surface area (Å²) in [5.41, 5.74) is -0.255. The number of amides is 1. The molecule has 1 aromatic carbocycles. The zero-order valence-corrected chi connectivity index (χ0v) is 10.8. The Kier molecular flexibility index (Phi) is 4.18. The summed E-state index contributed by atoms with van der Waals surface area (Å²) in [6.45, 7) is 0. The lowest BCUT2D eigenvalue weighted by Crippen LogP contribution is -2.50. The Morgan fingerprint density at radius 2 is 1.89 bits per heavy atom. The van der Waals surface area contributed by atoms with E-state index < -0.39 is 17.6 Å². The molecule has 1 aliphatic carbocycles. The quantitative estimate of drug-likeness (QED) is 0.871. The molecule has 1 aliphatic rings. The second-order valence-corrected chi connectivity index (χ2v) is 5.06. The van der Waals surface area contributed by atoms with E-state index in [9.17, 15) is 15.2 Å². The number of hydrogen-bond donors (Lipinski definition) is 2. The first-order chi connectivity index (χ1) is 9.17. The summed E-state index contributed by atoms with van der Waals surface area (Å²) in [6.07, 6.45) is 3.09. The number of nitrogens with one attached hydrogen (secondary N) is 1. The summed E-state index contributed by atoms with van der Waals surface area (Å²) in [5, 5.41) is 22.0. The third-order valence-electron chi connectivity index (χ3n) is 3.65. The first-order valence-corrected chi connectivity index (χ1v) is 6.63. The minimum Gasteiger partial charge on any atom is -0.378 e. The lowest BCUT2D eigenvalue weighted by atomic mass is 9.82. The summed E-state index contributed by atoms with van der Waals surface area (Å²) in [7, 11) is 0. The van der Waals surface area contributed by atoms with Crippen LogP contribution in [-0.2, 0) is 4.79 Å². The fourth-order valence-corrected chi connectivity index (χ4v) is 2.51. The van der Waals surface area contributed by atoms with E-state index in [0.717, 1.165) is 19.3 Å². The molecule has 1 amide bonds. The summed E-state index contributed by atoms with van der Waals surface area (Å²) >= 11 is 0. The third-order valence-corrected chi connectivity index (χ3v) is 3.65. The van der Waals surface area contributed by atoms with Crippen molar-refractivity contribution in [3.63, 3.8) is 0 Å². The van der Waals surface area contributed by atoms with E-state index >= 15 is 0 Å². The maximum absolute atomic E-state index is 12.1. The lowest BCUT2D eigenvalue weighted by Gasteiger charge is -2.32. The van der Waals surface area contributed by atoms with Crippen LogP contribution in [0.25, 0.3) is 0 Å². The van der Waals surface area contributed by atoms with E-state index in [2.05, 4.69) is 11.4 Å². The smallest absolute Gasteiger partial charge is 0.254 e. The van der Waals surface area contributed by atoms with Gasteiger partial charge in [0.15, 0.2) is 6.10 Å². The number of carbonyl (C=O) groups is 1. The Labute approximate surface area is 113 Å². The van der Waals surface area contributed by atoms with Gasteiger partial charge in [-0.1, -0.05) is 49.6 Å². The lowest BCUT2D eigenvalue weighted by molar-refractivity contribution is -0.131. The van der Waals surface area contributed by atoms with Gasteiger partial charge in [0.1, 0.15) is 5.54 Å². The highest BCUT2D eigenvalue weighted by Crippen LogP contribution is 2.28. The molecule has 4 heteroatoms. The molecule has 1 unspecified atom stereocenters. The van der Waals surface area contributed by atoms with Crippen molar-refractivity contribution in [2.45, 2.75) is 43.7 Å². The number of rotatable bonds is 3. The van der Waals surface area contributed by atoms with Gasteiger partial charge in [-0.05, 0) is 18.4 Å². The second-order valence-electron chi connectivity index (χ2n) is 5.06. The SMILES string of the molecule is N#CC1(NC(=O)C(O)c2ccccc2)CCCCC1. The molecule has 0 bridgehead atoms. The molecule has 2 N–H and O–H groups in total. The van der Waals surface area contributed by atoms with E-state index in [1.165, 1.54) is 0 Å². The number of carbonyl (C=O) groups excluding carboxylic acids is 1. The van der Waals surface area contributed by atoms with Crippen molar-refractivity contribution < 1.29 is 9.90 Å². The predicted molar refractivity (Wildman–Crippen MR) is 71.0 cm³/mol. The predicted octanol–water partition coefficient (Wildman–Crippen LogP) is 2.06. The number of nitriles is 1. The molecule has 0 spiro atoms. The van der Waals surface area contributed by atoms with E-state index in [0.29, 0.717) is 18.4 Å². The minimum atomic E-state index is -1.21. The van der Waals surface area contributed by atoms with Crippen molar-refractivity contribution in [2.75, 3.05) is 0 Å². The topological polar surface area (TPSA) is 73.1 Å². The maximum Gasteiger partial charge on any atom is 0.254 e. The standard InChI is InChI=1S/C15H18N2O2/c16-11-15(9-5-2-6-10-15)17-14(19)13(18)12-7-3-1-4-8-12/h1,3-4,7-8,13,18H,2,5-6,9-10H2,(H,17,19). The summed E-state index contributed by atoms with van der Waals surface area (Å²) in [6, 6.07) is 11.0. The first-order valence-electron chi connectivity index (χ1n) is 6.63. The number of benzene rings is 1. The van der Waals surface area contributed by atoms with Gasteiger partial charge < -0.3 is 10.4 Å². The average molecular weight is 258 g/mol. The van der Waals surface area contributed by atoms with Gasteiger partial charge in [0.25, 0.3) is 5.91 Å². The van der Waals surface area contributed by atoms with Crippen LogP contribution in [0.15, 0.2) is 30.3 Å². The Bertz CT molecular complexity index is 473. The van der Waals surface area contributed by atoms with Gasteiger partial charge in [0.05, 0.1) is 6.07 Å². The zero-order chi connectivity index (χ0) is 13.7. The largest absolute Gasteiger partial charge is 0.378 e. The number of aliphatic hydroxyl groups excluding tert-OH is 1. The molecule has 1 atom stereocenters. The van der Waals surface area contributed by atoms with E-state index in [1.54, 1.807) is 24.3 Å². The van der Waals surface area contributed by atoms with Crippen molar-refractivity contribution in [3.8, 4) is 6.07 Å².